The molecule has 0 radical (unpaired) electrons. The van der Waals surface area contributed by atoms with Crippen molar-refractivity contribution in [2.75, 3.05) is 32.7 Å². The van der Waals surface area contributed by atoms with Crippen LogP contribution in [0.3, 0.4) is 0 Å². The first-order valence-corrected chi connectivity index (χ1v) is 9.19. The van der Waals surface area contributed by atoms with Gasteiger partial charge in [0.1, 0.15) is 0 Å². The van der Waals surface area contributed by atoms with Crippen molar-refractivity contribution in [3.05, 3.63) is 29.3 Å². The largest absolute Gasteiger partial charge is 0.352 e. The third kappa shape index (κ3) is 4.59. The zero-order valence-corrected chi connectivity index (χ0v) is 14.5. The van der Waals surface area contributed by atoms with Crippen LogP contribution in [0.4, 0.5) is 4.79 Å². The van der Waals surface area contributed by atoms with Gasteiger partial charge in [-0.15, -0.1) is 0 Å². The van der Waals surface area contributed by atoms with Gasteiger partial charge in [-0.1, -0.05) is 17.7 Å². The molecule has 1 aliphatic rings. The van der Waals surface area contributed by atoms with Crippen LogP contribution in [0.1, 0.15) is 6.42 Å². The Morgan fingerprint density at radius 3 is 2.46 bits per heavy atom. The second kappa shape index (κ2) is 7.82. The van der Waals surface area contributed by atoms with Gasteiger partial charge in [0.25, 0.3) is 0 Å². The summed E-state index contributed by atoms with van der Waals surface area (Å²) in [5.41, 5.74) is 4.93. The summed E-state index contributed by atoms with van der Waals surface area (Å²) in [6, 6.07) is 5.41. The summed E-state index contributed by atoms with van der Waals surface area (Å²) in [5.74, 6) is -0.149. The number of primary amides is 1. The molecule has 1 fully saturated rings. The lowest BCUT2D eigenvalue weighted by atomic mass is 10.3. The lowest BCUT2D eigenvalue weighted by Gasteiger charge is -2.34. The predicted molar refractivity (Wildman–Crippen MR) is 89.0 cm³/mol. The number of amides is 3. The summed E-state index contributed by atoms with van der Waals surface area (Å²) in [4.78, 5) is 24.3. The molecule has 0 unspecified atom stereocenters. The molecule has 1 aliphatic heterocycles. The van der Waals surface area contributed by atoms with E-state index in [0.29, 0.717) is 18.1 Å². The fourth-order valence-electron chi connectivity index (χ4n) is 2.41. The number of halogens is 1. The van der Waals surface area contributed by atoms with Crippen molar-refractivity contribution in [2.24, 2.45) is 5.73 Å². The first kappa shape index (κ1) is 18.5. The Morgan fingerprint density at radius 2 is 1.88 bits per heavy atom. The highest BCUT2D eigenvalue weighted by Crippen LogP contribution is 2.20. The SMILES string of the molecule is NC(=O)NCCC(=O)N1CCN(S(=O)(=O)c2cccc(Cl)c2)CC1. The number of hydrogen-bond acceptors (Lipinski definition) is 4. The van der Waals surface area contributed by atoms with Gasteiger partial charge in [-0.2, -0.15) is 4.31 Å². The van der Waals surface area contributed by atoms with Crippen LogP contribution in [0, 0.1) is 0 Å². The first-order valence-electron chi connectivity index (χ1n) is 7.37. The molecule has 24 heavy (non-hydrogen) atoms. The molecule has 3 amide bonds. The highest BCUT2D eigenvalue weighted by molar-refractivity contribution is 7.89. The van der Waals surface area contributed by atoms with E-state index in [1.165, 1.54) is 16.4 Å². The van der Waals surface area contributed by atoms with Crippen molar-refractivity contribution >= 4 is 33.6 Å². The van der Waals surface area contributed by atoms with Gasteiger partial charge in [-0.05, 0) is 18.2 Å². The van der Waals surface area contributed by atoms with E-state index in [1.54, 1.807) is 17.0 Å². The normalized spacial score (nSPS) is 16.0. The van der Waals surface area contributed by atoms with Gasteiger partial charge in [0.2, 0.25) is 15.9 Å². The molecule has 10 heteroatoms. The van der Waals surface area contributed by atoms with E-state index in [1.807, 2.05) is 0 Å². The third-order valence-electron chi connectivity index (χ3n) is 3.66. The number of carbonyl (C=O) groups is 2. The van der Waals surface area contributed by atoms with E-state index < -0.39 is 16.1 Å². The molecule has 0 atom stereocenters. The Morgan fingerprint density at radius 1 is 1.21 bits per heavy atom. The van der Waals surface area contributed by atoms with Gasteiger partial charge in [-0.3, -0.25) is 4.79 Å². The zero-order valence-electron chi connectivity index (χ0n) is 12.9. The Labute approximate surface area is 145 Å². The quantitative estimate of drug-likeness (QED) is 0.768. The average Bonchev–Trinajstić information content (AvgIpc) is 2.54. The standard InChI is InChI=1S/C14H19ClN4O4S/c15-11-2-1-3-12(10-11)24(22,23)19-8-6-18(7-9-19)13(20)4-5-17-14(16)21/h1-3,10H,4-9H2,(H3,16,17,21). The highest BCUT2D eigenvalue weighted by atomic mass is 35.5. The molecular weight excluding hydrogens is 356 g/mol. The minimum absolute atomic E-state index is 0.129. The van der Waals surface area contributed by atoms with Crippen molar-refractivity contribution in [3.63, 3.8) is 0 Å². The summed E-state index contributed by atoms with van der Waals surface area (Å²) < 4.78 is 26.5. The molecular formula is C14H19ClN4O4S. The van der Waals surface area contributed by atoms with Crippen LogP contribution in [0.2, 0.25) is 5.02 Å². The van der Waals surface area contributed by atoms with Gasteiger partial charge in [0, 0.05) is 44.2 Å². The summed E-state index contributed by atoms with van der Waals surface area (Å²) in [6.45, 7) is 1.19. The maximum absolute atomic E-state index is 12.6. The molecule has 0 spiro atoms. The lowest BCUT2D eigenvalue weighted by molar-refractivity contribution is -0.132. The van der Waals surface area contributed by atoms with Crippen molar-refractivity contribution < 1.29 is 18.0 Å². The number of nitrogens with zero attached hydrogens (tertiary/aromatic N) is 2. The number of sulfonamides is 1. The van der Waals surface area contributed by atoms with E-state index in [9.17, 15) is 18.0 Å². The van der Waals surface area contributed by atoms with Crippen LogP contribution >= 0.6 is 11.6 Å². The Kier molecular flexibility index (Phi) is 6.03. The van der Waals surface area contributed by atoms with E-state index in [4.69, 9.17) is 17.3 Å². The van der Waals surface area contributed by atoms with Gasteiger partial charge in [-0.25, -0.2) is 13.2 Å². The number of nitrogens with one attached hydrogen (secondary N) is 1. The molecule has 1 aromatic carbocycles. The molecule has 3 N–H and O–H groups in total. The Balaban J connectivity index is 1.92. The van der Waals surface area contributed by atoms with E-state index >= 15 is 0 Å². The monoisotopic (exact) mass is 374 g/mol. The molecule has 1 saturated heterocycles. The maximum Gasteiger partial charge on any atom is 0.312 e. The van der Waals surface area contributed by atoms with Crippen molar-refractivity contribution in [2.45, 2.75) is 11.3 Å². The van der Waals surface area contributed by atoms with Crippen LogP contribution in [0.15, 0.2) is 29.2 Å². The van der Waals surface area contributed by atoms with Crippen LogP contribution in [-0.4, -0.2) is 62.3 Å². The fraction of sp³-hybridized carbons (Fsp3) is 0.429. The van der Waals surface area contributed by atoms with Crippen LogP contribution < -0.4 is 11.1 Å². The summed E-state index contributed by atoms with van der Waals surface area (Å²) in [5, 5.41) is 2.70. The predicted octanol–water partition coefficient (Wildman–Crippen LogP) is 0.231. The van der Waals surface area contributed by atoms with Crippen molar-refractivity contribution in [3.8, 4) is 0 Å². The van der Waals surface area contributed by atoms with E-state index in [0.717, 1.165) is 0 Å². The van der Waals surface area contributed by atoms with Crippen molar-refractivity contribution in [1.82, 2.24) is 14.5 Å². The molecule has 1 aromatic rings. The van der Waals surface area contributed by atoms with Crippen LogP contribution in [0.25, 0.3) is 0 Å². The fourth-order valence-corrected chi connectivity index (χ4v) is 4.13. The minimum atomic E-state index is -3.62. The second-order valence-corrected chi connectivity index (χ2v) is 7.66. The summed E-state index contributed by atoms with van der Waals surface area (Å²) >= 11 is 5.85. The smallest absolute Gasteiger partial charge is 0.312 e. The van der Waals surface area contributed by atoms with E-state index in [2.05, 4.69) is 5.32 Å². The Bertz CT molecular complexity index is 717. The molecule has 0 saturated carbocycles. The van der Waals surface area contributed by atoms with Gasteiger partial charge in [0.15, 0.2) is 0 Å². The number of piperazine rings is 1. The number of urea groups is 1. The average molecular weight is 375 g/mol. The van der Waals surface area contributed by atoms with Gasteiger partial charge in [0.05, 0.1) is 4.90 Å². The van der Waals surface area contributed by atoms with Gasteiger partial charge >= 0.3 is 6.03 Å². The number of nitrogens with two attached hydrogens (primary N) is 1. The first-order chi connectivity index (χ1) is 11.3. The topological polar surface area (TPSA) is 113 Å². The number of hydrogen-bond donors (Lipinski definition) is 2. The third-order valence-corrected chi connectivity index (χ3v) is 5.79. The molecule has 0 aromatic heterocycles. The maximum atomic E-state index is 12.6. The number of rotatable bonds is 5. The molecule has 132 valence electrons. The lowest BCUT2D eigenvalue weighted by Crippen LogP contribution is -2.50. The summed E-state index contributed by atoms with van der Waals surface area (Å²) in [7, 11) is -3.62. The number of benzene rings is 1. The molecule has 0 bridgehead atoms. The highest BCUT2D eigenvalue weighted by Gasteiger charge is 2.30. The number of carbonyl (C=O) groups excluding carboxylic acids is 2. The summed E-state index contributed by atoms with van der Waals surface area (Å²) in [6.07, 6.45) is 0.129. The molecule has 1 heterocycles. The zero-order chi connectivity index (χ0) is 17.7. The second-order valence-electron chi connectivity index (χ2n) is 5.28. The van der Waals surface area contributed by atoms with Gasteiger partial charge < -0.3 is 16.0 Å². The van der Waals surface area contributed by atoms with Crippen molar-refractivity contribution in [1.29, 1.82) is 0 Å². The Hall–Kier alpha value is -1.84. The van der Waals surface area contributed by atoms with Crippen LogP contribution in [0.5, 0.6) is 0 Å². The van der Waals surface area contributed by atoms with E-state index in [-0.39, 0.29) is 36.9 Å². The minimum Gasteiger partial charge on any atom is -0.352 e. The molecule has 8 nitrogen and oxygen atoms in total. The molecule has 2 rings (SSSR count). The molecule has 0 aliphatic carbocycles. The van der Waals surface area contributed by atoms with Crippen LogP contribution in [-0.2, 0) is 14.8 Å².